The van der Waals surface area contributed by atoms with Crippen LogP contribution in [0.15, 0.2) is 28.7 Å². The Morgan fingerprint density at radius 3 is 2.86 bits per heavy atom. The van der Waals surface area contributed by atoms with E-state index in [-0.39, 0.29) is 19.3 Å². The molecule has 7 heteroatoms. The second-order valence-corrected chi connectivity index (χ2v) is 5.90. The average molecular weight is 357 g/mol. The SMILES string of the molecule is CC(NC(=O)NC1COCC1C(=O)O)c1cccc(Br)c1. The van der Waals surface area contributed by atoms with E-state index in [4.69, 9.17) is 9.84 Å². The molecule has 1 aromatic rings. The average Bonchev–Trinajstić information content (AvgIpc) is 2.86. The Hall–Kier alpha value is -1.60. The number of rotatable bonds is 4. The third kappa shape index (κ3) is 4.18. The van der Waals surface area contributed by atoms with E-state index in [0.717, 1.165) is 10.0 Å². The summed E-state index contributed by atoms with van der Waals surface area (Å²) in [4.78, 5) is 23.0. The first-order valence-corrected chi connectivity index (χ1v) is 7.39. The summed E-state index contributed by atoms with van der Waals surface area (Å²) in [5, 5.41) is 14.5. The van der Waals surface area contributed by atoms with Crippen LogP contribution in [0.4, 0.5) is 4.79 Å². The van der Waals surface area contributed by atoms with Crippen molar-refractivity contribution in [1.29, 1.82) is 0 Å². The number of aliphatic carboxylic acids is 1. The highest BCUT2D eigenvalue weighted by Crippen LogP contribution is 2.18. The minimum absolute atomic E-state index is 0.126. The quantitative estimate of drug-likeness (QED) is 0.768. The molecule has 0 aromatic heterocycles. The second-order valence-electron chi connectivity index (χ2n) is 4.98. The van der Waals surface area contributed by atoms with Crippen molar-refractivity contribution in [2.24, 2.45) is 5.92 Å². The van der Waals surface area contributed by atoms with Crippen molar-refractivity contribution in [3.8, 4) is 0 Å². The van der Waals surface area contributed by atoms with Crippen LogP contribution in [-0.4, -0.2) is 36.4 Å². The molecule has 1 saturated heterocycles. The van der Waals surface area contributed by atoms with Gasteiger partial charge in [-0.2, -0.15) is 0 Å². The molecule has 1 aliphatic heterocycles. The number of carbonyl (C=O) groups is 2. The number of hydrogen-bond donors (Lipinski definition) is 3. The number of carbonyl (C=O) groups excluding carboxylic acids is 1. The molecule has 1 fully saturated rings. The van der Waals surface area contributed by atoms with Crippen LogP contribution in [-0.2, 0) is 9.53 Å². The van der Waals surface area contributed by atoms with Gasteiger partial charge >= 0.3 is 12.0 Å². The van der Waals surface area contributed by atoms with Crippen LogP contribution in [0.2, 0.25) is 0 Å². The Labute approximate surface area is 131 Å². The summed E-state index contributed by atoms with van der Waals surface area (Å²) in [6.07, 6.45) is 0. The van der Waals surface area contributed by atoms with Crippen LogP contribution in [0.25, 0.3) is 0 Å². The number of carboxylic acids is 1. The first kappa shape index (κ1) is 15.8. The zero-order chi connectivity index (χ0) is 15.4. The minimum atomic E-state index is -0.960. The van der Waals surface area contributed by atoms with Gasteiger partial charge in [0.2, 0.25) is 0 Å². The zero-order valence-corrected chi connectivity index (χ0v) is 13.1. The molecule has 0 aliphatic carbocycles. The van der Waals surface area contributed by atoms with E-state index in [0.29, 0.717) is 0 Å². The van der Waals surface area contributed by atoms with Crippen LogP contribution < -0.4 is 10.6 Å². The van der Waals surface area contributed by atoms with Crippen molar-refractivity contribution in [1.82, 2.24) is 10.6 Å². The summed E-state index contributed by atoms with van der Waals surface area (Å²) in [5.41, 5.74) is 0.956. The molecule has 2 rings (SSSR count). The Morgan fingerprint density at radius 1 is 1.43 bits per heavy atom. The van der Waals surface area contributed by atoms with Crippen molar-refractivity contribution in [2.45, 2.75) is 19.0 Å². The van der Waals surface area contributed by atoms with Gasteiger partial charge in [-0.05, 0) is 24.6 Å². The molecule has 3 N–H and O–H groups in total. The van der Waals surface area contributed by atoms with E-state index in [2.05, 4.69) is 26.6 Å². The summed E-state index contributed by atoms with van der Waals surface area (Å²) in [6.45, 7) is 2.21. The van der Waals surface area contributed by atoms with Crippen LogP contribution in [0.1, 0.15) is 18.5 Å². The second kappa shape index (κ2) is 6.91. The van der Waals surface area contributed by atoms with Crippen LogP contribution >= 0.6 is 15.9 Å². The zero-order valence-electron chi connectivity index (χ0n) is 11.5. The first-order valence-electron chi connectivity index (χ1n) is 6.60. The van der Waals surface area contributed by atoms with Gasteiger partial charge in [0.1, 0.15) is 5.92 Å². The highest BCUT2D eigenvalue weighted by atomic mass is 79.9. The molecule has 21 heavy (non-hydrogen) atoms. The van der Waals surface area contributed by atoms with Gasteiger partial charge in [0, 0.05) is 4.47 Å². The predicted octanol–water partition coefficient (Wildman–Crippen LogP) is 1.91. The fraction of sp³-hybridized carbons (Fsp3) is 0.429. The molecule has 3 atom stereocenters. The summed E-state index contributed by atoms with van der Waals surface area (Å²) < 4.78 is 6.04. The predicted molar refractivity (Wildman–Crippen MR) is 80.0 cm³/mol. The summed E-state index contributed by atoms with van der Waals surface area (Å²) in [6, 6.07) is 6.54. The summed E-state index contributed by atoms with van der Waals surface area (Å²) >= 11 is 3.38. The number of carboxylic acid groups (broad SMARTS) is 1. The van der Waals surface area contributed by atoms with Gasteiger partial charge in [-0.25, -0.2) is 4.79 Å². The van der Waals surface area contributed by atoms with Gasteiger partial charge in [0.05, 0.1) is 25.3 Å². The molecule has 0 radical (unpaired) electrons. The van der Waals surface area contributed by atoms with Crippen molar-refractivity contribution < 1.29 is 19.4 Å². The smallest absolute Gasteiger partial charge is 0.315 e. The molecule has 1 aromatic carbocycles. The Morgan fingerprint density at radius 2 is 2.19 bits per heavy atom. The van der Waals surface area contributed by atoms with Gasteiger partial charge < -0.3 is 20.5 Å². The van der Waals surface area contributed by atoms with E-state index in [9.17, 15) is 9.59 Å². The van der Waals surface area contributed by atoms with Gasteiger partial charge in [-0.15, -0.1) is 0 Å². The highest BCUT2D eigenvalue weighted by molar-refractivity contribution is 9.10. The van der Waals surface area contributed by atoms with Gasteiger partial charge in [0.15, 0.2) is 0 Å². The molecule has 3 unspecified atom stereocenters. The maximum atomic E-state index is 12.0. The Bertz CT molecular complexity index is 537. The van der Waals surface area contributed by atoms with E-state index in [1.54, 1.807) is 0 Å². The lowest BCUT2D eigenvalue weighted by molar-refractivity contribution is -0.142. The molecule has 0 saturated carbocycles. The fourth-order valence-corrected chi connectivity index (χ4v) is 2.62. The van der Waals surface area contributed by atoms with Gasteiger partial charge in [-0.3, -0.25) is 4.79 Å². The van der Waals surface area contributed by atoms with Gasteiger partial charge in [-0.1, -0.05) is 28.1 Å². The van der Waals surface area contributed by atoms with E-state index < -0.39 is 24.0 Å². The highest BCUT2D eigenvalue weighted by Gasteiger charge is 2.35. The number of ether oxygens (including phenoxy) is 1. The standard InChI is InChI=1S/C14H17BrN2O4/c1-8(9-3-2-4-10(15)5-9)16-14(20)17-12-7-21-6-11(12)13(18)19/h2-5,8,11-12H,6-7H2,1H3,(H,18,19)(H2,16,17,20). The maximum Gasteiger partial charge on any atom is 0.315 e. The lowest BCUT2D eigenvalue weighted by Crippen LogP contribution is -2.47. The number of hydrogen-bond acceptors (Lipinski definition) is 3. The first-order chi connectivity index (χ1) is 9.97. The third-order valence-corrected chi connectivity index (χ3v) is 3.90. The molecular formula is C14H17BrN2O4. The maximum absolute atomic E-state index is 12.0. The number of benzene rings is 1. The number of nitrogens with one attached hydrogen (secondary N) is 2. The molecular weight excluding hydrogens is 340 g/mol. The molecule has 0 bridgehead atoms. The largest absolute Gasteiger partial charge is 0.481 e. The number of amides is 2. The number of halogens is 1. The van der Waals surface area contributed by atoms with Crippen LogP contribution in [0.3, 0.4) is 0 Å². The molecule has 6 nitrogen and oxygen atoms in total. The summed E-state index contributed by atoms with van der Waals surface area (Å²) in [5.74, 6) is -1.66. The van der Waals surface area contributed by atoms with Crippen molar-refractivity contribution in [3.05, 3.63) is 34.3 Å². The molecule has 2 amide bonds. The fourth-order valence-electron chi connectivity index (χ4n) is 2.21. The molecule has 114 valence electrons. The minimum Gasteiger partial charge on any atom is -0.481 e. The molecule has 1 heterocycles. The van der Waals surface area contributed by atoms with E-state index in [1.165, 1.54) is 0 Å². The lowest BCUT2D eigenvalue weighted by atomic mass is 10.0. The van der Waals surface area contributed by atoms with Crippen LogP contribution in [0, 0.1) is 5.92 Å². The topological polar surface area (TPSA) is 87.7 Å². The molecule has 1 aliphatic rings. The molecule has 0 spiro atoms. The Kier molecular flexibility index (Phi) is 5.19. The van der Waals surface area contributed by atoms with Crippen molar-refractivity contribution >= 4 is 27.9 Å². The normalized spacial score (nSPS) is 22.6. The van der Waals surface area contributed by atoms with Crippen molar-refractivity contribution in [3.63, 3.8) is 0 Å². The van der Waals surface area contributed by atoms with Crippen molar-refractivity contribution in [2.75, 3.05) is 13.2 Å². The van der Waals surface area contributed by atoms with Gasteiger partial charge in [0.25, 0.3) is 0 Å². The Balaban J connectivity index is 1.91. The lowest BCUT2D eigenvalue weighted by Gasteiger charge is -2.19. The number of urea groups is 1. The van der Waals surface area contributed by atoms with E-state index >= 15 is 0 Å². The van der Waals surface area contributed by atoms with E-state index in [1.807, 2.05) is 31.2 Å². The monoisotopic (exact) mass is 356 g/mol. The third-order valence-electron chi connectivity index (χ3n) is 3.41. The summed E-state index contributed by atoms with van der Waals surface area (Å²) in [7, 11) is 0. The van der Waals surface area contributed by atoms with Crippen LogP contribution in [0.5, 0.6) is 0 Å².